The number of nitrogens with zero attached hydrogens (tertiary/aromatic N) is 2. The van der Waals surface area contributed by atoms with Crippen LogP contribution in [-0.2, 0) is 0 Å². The highest BCUT2D eigenvalue weighted by atomic mass is 14.9. The van der Waals surface area contributed by atoms with Crippen molar-refractivity contribution in [3.8, 4) is 0 Å². The third-order valence-electron chi connectivity index (χ3n) is 10.1. The van der Waals surface area contributed by atoms with E-state index in [0.717, 1.165) is 72.6 Å². The second-order valence-corrected chi connectivity index (χ2v) is 13.6. The molecule has 0 saturated carbocycles. The van der Waals surface area contributed by atoms with E-state index < -0.39 is 0 Å². The van der Waals surface area contributed by atoms with E-state index in [1.54, 1.807) is 0 Å². The average molecular weight is 676 g/mol. The van der Waals surface area contributed by atoms with Crippen molar-refractivity contribution in [1.29, 1.82) is 0 Å². The van der Waals surface area contributed by atoms with Gasteiger partial charge in [-0.15, -0.1) is 0 Å². The van der Waals surface area contributed by atoms with Crippen molar-refractivity contribution in [3.63, 3.8) is 0 Å². The molecule has 8 bridgehead atoms. The quantitative estimate of drug-likeness (QED) is 0.132. The number of hydrogen-bond acceptors (Lipinski definition) is 5. The predicted molar refractivity (Wildman–Crippen MR) is 214 cm³/mol. The zero-order valence-electron chi connectivity index (χ0n) is 28.6. The van der Waals surface area contributed by atoms with Crippen molar-refractivity contribution in [2.75, 3.05) is 17.2 Å². The van der Waals surface area contributed by atoms with Crippen LogP contribution in [0, 0.1) is 6.92 Å². The molecule has 0 amide bonds. The van der Waals surface area contributed by atoms with Gasteiger partial charge in [-0.2, -0.15) is 0 Å². The first-order chi connectivity index (χ1) is 25.4. The Morgan fingerprint density at radius 1 is 0.519 bits per heavy atom. The predicted octanol–water partition coefficient (Wildman–Crippen LogP) is 6.79. The van der Waals surface area contributed by atoms with Crippen LogP contribution < -0.4 is 27.9 Å². The van der Waals surface area contributed by atoms with Crippen LogP contribution in [0.3, 0.4) is 0 Å². The van der Waals surface area contributed by atoms with Crippen LogP contribution in [-0.4, -0.2) is 27.4 Å². The third kappa shape index (κ3) is 5.58. The second kappa shape index (κ2) is 12.5. The summed E-state index contributed by atoms with van der Waals surface area (Å²) < 4.78 is 0. The summed E-state index contributed by atoms with van der Waals surface area (Å²) in [5, 5.41) is 1.87. The van der Waals surface area contributed by atoms with Gasteiger partial charge in [0.25, 0.3) is 0 Å². The molecule has 7 heteroatoms. The number of nitrogens with two attached hydrogens (primary N) is 3. The maximum Gasteiger partial charge on any atom is 0.0814 e. The molecule has 0 spiro atoms. The van der Waals surface area contributed by atoms with E-state index in [9.17, 15) is 0 Å². The van der Waals surface area contributed by atoms with Gasteiger partial charge in [0.15, 0.2) is 0 Å². The Kier molecular flexibility index (Phi) is 7.47. The van der Waals surface area contributed by atoms with E-state index in [2.05, 4.69) is 114 Å². The minimum Gasteiger partial charge on any atom is -0.399 e. The lowest BCUT2D eigenvalue weighted by molar-refractivity contribution is 0.694. The summed E-state index contributed by atoms with van der Waals surface area (Å²) in [4.78, 5) is 18.4. The number of rotatable bonds is 4. The minimum absolute atomic E-state index is 0.0656. The summed E-state index contributed by atoms with van der Waals surface area (Å²) in [5.41, 5.74) is 33.6. The van der Waals surface area contributed by atoms with Crippen LogP contribution >= 0.6 is 0 Å². The van der Waals surface area contributed by atoms with Gasteiger partial charge in [-0.3, -0.25) is 4.99 Å². The highest BCUT2D eigenvalue weighted by molar-refractivity contribution is 6.31. The van der Waals surface area contributed by atoms with Gasteiger partial charge >= 0.3 is 0 Å². The zero-order chi connectivity index (χ0) is 35.3. The molecule has 0 saturated heterocycles. The molecule has 4 aromatic carbocycles. The summed E-state index contributed by atoms with van der Waals surface area (Å²) in [5.74, 6) is -0.0656. The molecular weight excluding hydrogens is 639 g/mol. The fraction of sp³-hybridized carbons (Fsp3) is 0.0667. The first kappa shape index (κ1) is 31.1. The number of aliphatic imine (C=N–C) groups is 2. The number of allylic oxidation sites excluding steroid dienone is 3. The Labute approximate surface area is 301 Å². The van der Waals surface area contributed by atoms with Crippen LogP contribution in [0.25, 0.3) is 16.7 Å². The van der Waals surface area contributed by atoms with Gasteiger partial charge < -0.3 is 27.2 Å². The molecule has 52 heavy (non-hydrogen) atoms. The Morgan fingerprint density at radius 3 is 1.67 bits per heavy atom. The van der Waals surface area contributed by atoms with Gasteiger partial charge in [0.1, 0.15) is 0 Å². The average Bonchev–Trinajstić information content (AvgIpc) is 3.99. The monoisotopic (exact) mass is 675 g/mol. The summed E-state index contributed by atoms with van der Waals surface area (Å²) in [7, 11) is 0. The lowest BCUT2D eigenvalue weighted by Gasteiger charge is -2.21. The molecule has 0 radical (unpaired) electrons. The molecule has 8 N–H and O–H groups in total. The molecule has 252 valence electrons. The fourth-order valence-corrected chi connectivity index (χ4v) is 7.44. The number of aromatic nitrogens is 2. The lowest BCUT2D eigenvalue weighted by atomic mass is 9.88. The number of aromatic amines is 2. The van der Waals surface area contributed by atoms with Gasteiger partial charge in [0.05, 0.1) is 29.1 Å². The van der Waals surface area contributed by atoms with Crippen LogP contribution in [0.4, 0.5) is 17.1 Å². The Bertz CT molecular complexity index is 2630. The maximum absolute atomic E-state index is 6.16. The van der Waals surface area contributed by atoms with Crippen molar-refractivity contribution in [1.82, 2.24) is 9.97 Å². The summed E-state index contributed by atoms with van der Waals surface area (Å²) >= 11 is 0. The van der Waals surface area contributed by atoms with Crippen LogP contribution in [0.15, 0.2) is 161 Å². The van der Waals surface area contributed by atoms with E-state index in [1.807, 2.05) is 48.5 Å². The number of H-pyrrole nitrogens is 2. The van der Waals surface area contributed by atoms with E-state index >= 15 is 0 Å². The first-order valence-electron chi connectivity index (χ1n) is 17.4. The van der Waals surface area contributed by atoms with Gasteiger partial charge in [-0.05, 0) is 108 Å². The van der Waals surface area contributed by atoms with E-state index in [4.69, 9.17) is 27.2 Å². The van der Waals surface area contributed by atoms with Crippen molar-refractivity contribution in [2.24, 2.45) is 9.98 Å². The molecule has 6 aromatic rings. The Morgan fingerprint density at radius 2 is 1.08 bits per heavy atom. The number of nitrogen functional groups attached to an aromatic ring is 3. The number of anilines is 3. The molecule has 0 fully saturated rings. The number of fused-ring (bicyclic) bond motifs is 6. The molecule has 9 rings (SSSR count). The number of benzene rings is 4. The van der Waals surface area contributed by atoms with Crippen molar-refractivity contribution in [2.45, 2.75) is 18.9 Å². The molecule has 7 nitrogen and oxygen atoms in total. The fourth-order valence-electron chi connectivity index (χ4n) is 7.44. The van der Waals surface area contributed by atoms with Crippen molar-refractivity contribution in [3.05, 3.63) is 201 Å². The summed E-state index contributed by atoms with van der Waals surface area (Å²) in [6, 6.07) is 41.1. The van der Waals surface area contributed by atoms with E-state index in [0.29, 0.717) is 17.1 Å². The SMILES string of the molecule is Cc1ccc(C2c3ccc([nH]3)/C(c3ccc(N)cc3)=C3/C=CC(=N3)/C(c3ccc(N)cc3)=c3/cc/c([nH]3)=C(\c3ccc(N)cc3)C3=NC2C=C3)cc1. The van der Waals surface area contributed by atoms with Crippen LogP contribution in [0.1, 0.15) is 45.1 Å². The number of hydrogen-bond donors (Lipinski definition) is 5. The molecule has 2 aromatic heterocycles. The topological polar surface area (TPSA) is 134 Å². The lowest BCUT2D eigenvalue weighted by Crippen LogP contribution is -2.21. The van der Waals surface area contributed by atoms with Gasteiger partial charge in [0, 0.05) is 55.9 Å². The standard InChI is InChI=1S/C45H37N7/c1-26-2-4-27(5-3-26)42-34-18-20-36(49-34)43(28-6-12-31(46)13-7-28)38-22-24-40(51-38)45(30-10-16-33(48)17-11-30)41-25-23-39(52-41)44(37-21-19-35(42)50-37)29-8-14-32(47)15-9-29/h2-25,34,42,50-51H,46-48H2,1H3/b43-38-,44-39-,45-40-. The van der Waals surface area contributed by atoms with E-state index in [1.165, 1.54) is 11.1 Å². The number of nitrogens with one attached hydrogen (secondary N) is 2. The highest BCUT2D eigenvalue weighted by Crippen LogP contribution is 2.37. The van der Waals surface area contributed by atoms with Crippen molar-refractivity contribution >= 4 is 45.2 Å². The number of aryl methyl sites for hydroxylation is 1. The van der Waals surface area contributed by atoms with Crippen LogP contribution in [0.5, 0.6) is 0 Å². The minimum atomic E-state index is -0.157. The molecule has 3 aliphatic rings. The molecule has 2 atom stereocenters. The smallest absolute Gasteiger partial charge is 0.0814 e. The molecule has 5 heterocycles. The van der Waals surface area contributed by atoms with Crippen molar-refractivity contribution < 1.29 is 0 Å². The first-order valence-corrected chi connectivity index (χ1v) is 17.4. The van der Waals surface area contributed by atoms with Gasteiger partial charge in [-0.25, -0.2) is 4.99 Å². The second-order valence-electron chi connectivity index (χ2n) is 13.6. The largest absolute Gasteiger partial charge is 0.399 e. The summed E-state index contributed by atoms with van der Waals surface area (Å²) in [6.07, 6.45) is 8.57. The summed E-state index contributed by atoms with van der Waals surface area (Å²) in [6.45, 7) is 2.12. The van der Waals surface area contributed by atoms with Gasteiger partial charge in [-0.1, -0.05) is 72.3 Å². The third-order valence-corrected chi connectivity index (χ3v) is 10.1. The zero-order valence-corrected chi connectivity index (χ0v) is 28.6. The molecule has 2 unspecified atom stereocenters. The maximum atomic E-state index is 6.16. The molecule has 0 aliphatic carbocycles. The molecule has 3 aliphatic heterocycles. The van der Waals surface area contributed by atoms with Crippen LogP contribution in [0.2, 0.25) is 0 Å². The Balaban J connectivity index is 1.37. The highest BCUT2D eigenvalue weighted by Gasteiger charge is 2.29. The van der Waals surface area contributed by atoms with Gasteiger partial charge in [0.2, 0.25) is 0 Å². The Hall–Kier alpha value is -6.86. The van der Waals surface area contributed by atoms with E-state index in [-0.39, 0.29) is 12.0 Å². The normalized spacial score (nSPS) is 21.3. The molecular formula is C45H37N7.